The van der Waals surface area contributed by atoms with Crippen LogP contribution in [0.3, 0.4) is 0 Å². The first-order chi connectivity index (χ1) is 3.13. The van der Waals surface area contributed by atoms with E-state index in [4.69, 9.17) is 5.41 Å². The molecular weight excluding hydrogens is 102 g/mol. The second-order valence-electron chi connectivity index (χ2n) is 0.679. The van der Waals surface area contributed by atoms with Crippen molar-refractivity contribution >= 4 is 6.02 Å². The average molecular weight is 105 g/mol. The van der Waals surface area contributed by atoms with Crippen LogP contribution in [0.2, 0.25) is 0 Å². The first-order valence-electron chi connectivity index (χ1n) is 1.29. The molecule has 0 bridgehead atoms. The number of rotatable bonds is 1. The van der Waals surface area contributed by atoms with Crippen LogP contribution in [0.4, 0.5) is 0 Å². The Morgan fingerprint density at radius 1 is 2.00 bits per heavy atom. The van der Waals surface area contributed by atoms with Gasteiger partial charge in [-0.2, -0.15) is 0 Å². The maximum Gasteiger partial charge on any atom is 0.302 e. The second-order valence-corrected chi connectivity index (χ2v) is 0.679. The molecule has 0 aromatic rings. The molecule has 0 saturated heterocycles. The first-order valence-corrected chi connectivity index (χ1v) is 1.29. The van der Waals surface area contributed by atoms with Gasteiger partial charge in [0.15, 0.2) is 0 Å². The van der Waals surface area contributed by atoms with Gasteiger partial charge in [-0.15, -0.1) is 10.1 Å². The normalized spacial score (nSPS) is 7.43. The lowest BCUT2D eigenvalue weighted by Crippen LogP contribution is -2.17. The van der Waals surface area contributed by atoms with Gasteiger partial charge in [0.25, 0.3) is 6.02 Å². The second kappa shape index (κ2) is 1.96. The number of nitrogens with zero attached hydrogens (tertiary/aromatic N) is 1. The zero-order valence-electron chi connectivity index (χ0n) is 3.25. The summed E-state index contributed by atoms with van der Waals surface area (Å²) in [5, 5.41) is 14.2. The highest BCUT2D eigenvalue weighted by molar-refractivity contribution is 5.66. The van der Waals surface area contributed by atoms with Crippen molar-refractivity contribution in [1.82, 2.24) is 0 Å². The van der Waals surface area contributed by atoms with Crippen molar-refractivity contribution < 1.29 is 9.92 Å². The fourth-order valence-corrected chi connectivity index (χ4v) is 0.0803. The molecule has 6 heteroatoms. The van der Waals surface area contributed by atoms with E-state index in [9.17, 15) is 10.1 Å². The molecule has 0 aromatic heterocycles. The molecular formula is CH3N3O3. The van der Waals surface area contributed by atoms with Crippen LogP contribution in [0.25, 0.3) is 0 Å². The van der Waals surface area contributed by atoms with E-state index in [0.29, 0.717) is 0 Å². The van der Waals surface area contributed by atoms with Gasteiger partial charge in [0.1, 0.15) is 0 Å². The predicted octanol–water partition coefficient (Wildman–Crippen LogP) is -0.912. The summed E-state index contributed by atoms with van der Waals surface area (Å²) in [6.45, 7) is 0. The van der Waals surface area contributed by atoms with Gasteiger partial charge in [-0.25, -0.2) is 4.84 Å². The largest absolute Gasteiger partial charge is 0.365 e. The summed E-state index contributed by atoms with van der Waals surface area (Å²) in [5.41, 5.74) is 4.41. The molecule has 0 aliphatic rings. The van der Waals surface area contributed by atoms with Crippen LogP contribution in [-0.2, 0) is 4.84 Å². The van der Waals surface area contributed by atoms with E-state index in [0.717, 1.165) is 0 Å². The molecule has 3 N–H and O–H groups in total. The summed E-state index contributed by atoms with van der Waals surface area (Å²) in [7, 11) is 0. The Kier molecular flexibility index (Phi) is 1.58. The maximum absolute atomic E-state index is 9.17. The zero-order valence-corrected chi connectivity index (χ0v) is 3.25. The number of hydrogen-bond donors (Lipinski definition) is 2. The summed E-state index contributed by atoms with van der Waals surface area (Å²) in [4.78, 5) is 12.5. The van der Waals surface area contributed by atoms with Gasteiger partial charge in [0.2, 0.25) is 0 Å². The Hall–Kier alpha value is -1.33. The molecule has 0 aliphatic heterocycles. The lowest BCUT2D eigenvalue weighted by molar-refractivity contribution is -0.724. The predicted molar refractivity (Wildman–Crippen MR) is 20.0 cm³/mol. The standard InChI is InChI=1S/CH3N3O3/c2-1(3)7-4(5)6/h(H3,2,3). The third kappa shape index (κ3) is 4.67. The van der Waals surface area contributed by atoms with E-state index < -0.39 is 11.1 Å². The zero-order chi connectivity index (χ0) is 5.86. The van der Waals surface area contributed by atoms with Crippen molar-refractivity contribution in [1.29, 1.82) is 5.41 Å². The van der Waals surface area contributed by atoms with E-state index in [-0.39, 0.29) is 0 Å². The maximum atomic E-state index is 9.17. The summed E-state index contributed by atoms with van der Waals surface area (Å²) >= 11 is 0. The number of hydrogen-bond acceptors (Lipinski definition) is 4. The molecule has 0 radical (unpaired) electrons. The molecule has 0 atom stereocenters. The lowest BCUT2D eigenvalue weighted by atomic mass is 11.2. The Balaban J connectivity index is 3.32. The summed E-state index contributed by atoms with van der Waals surface area (Å²) < 4.78 is 0. The monoisotopic (exact) mass is 105 g/mol. The molecule has 7 heavy (non-hydrogen) atoms. The molecule has 0 aliphatic carbocycles. The summed E-state index contributed by atoms with van der Waals surface area (Å²) in [6, 6.07) is -0.912. The first kappa shape index (κ1) is 5.67. The quantitative estimate of drug-likeness (QED) is 0.195. The Bertz CT molecular complexity index is 86.4. The molecule has 0 rings (SSSR count). The third-order valence-electron chi connectivity index (χ3n) is 0.173. The van der Waals surface area contributed by atoms with Crippen molar-refractivity contribution in [2.24, 2.45) is 5.73 Å². The van der Waals surface area contributed by atoms with Crippen LogP contribution in [-0.4, -0.2) is 11.1 Å². The molecule has 0 fully saturated rings. The highest BCUT2D eigenvalue weighted by Crippen LogP contribution is 1.66. The molecule has 0 heterocycles. The minimum atomic E-state index is -1.15. The number of nitrogens with one attached hydrogen (secondary N) is 1. The van der Waals surface area contributed by atoms with Crippen molar-refractivity contribution in [3.05, 3.63) is 10.1 Å². The van der Waals surface area contributed by atoms with Gasteiger partial charge in [-0.1, -0.05) is 0 Å². The fraction of sp³-hybridized carbons (Fsp3) is 0. The SMILES string of the molecule is N=C(N)O[N+](=O)[O-]. The van der Waals surface area contributed by atoms with E-state index in [1.807, 2.05) is 0 Å². The van der Waals surface area contributed by atoms with Gasteiger partial charge < -0.3 is 5.73 Å². The molecule has 40 valence electrons. The Morgan fingerprint density at radius 3 is 2.43 bits per heavy atom. The summed E-state index contributed by atoms with van der Waals surface area (Å²) in [5.74, 6) is 0. The lowest BCUT2D eigenvalue weighted by Gasteiger charge is -1.86. The van der Waals surface area contributed by atoms with Gasteiger partial charge in [-0.3, -0.25) is 5.41 Å². The van der Waals surface area contributed by atoms with E-state index in [1.54, 1.807) is 0 Å². The minimum Gasteiger partial charge on any atom is -0.365 e. The number of amidine groups is 1. The Labute approximate surface area is 38.5 Å². The Morgan fingerprint density at radius 2 is 2.43 bits per heavy atom. The smallest absolute Gasteiger partial charge is 0.302 e. The molecule has 0 spiro atoms. The van der Waals surface area contributed by atoms with Crippen LogP contribution in [0.1, 0.15) is 0 Å². The fourth-order valence-electron chi connectivity index (χ4n) is 0.0803. The molecule has 6 nitrogen and oxygen atoms in total. The van der Waals surface area contributed by atoms with Crippen LogP contribution in [0, 0.1) is 15.5 Å². The van der Waals surface area contributed by atoms with Crippen molar-refractivity contribution in [3.8, 4) is 0 Å². The number of nitrogens with two attached hydrogens (primary N) is 1. The van der Waals surface area contributed by atoms with Gasteiger partial charge in [0.05, 0.1) is 0 Å². The summed E-state index contributed by atoms with van der Waals surface area (Å²) in [6.07, 6.45) is 0. The van der Waals surface area contributed by atoms with E-state index in [2.05, 4.69) is 10.6 Å². The van der Waals surface area contributed by atoms with Crippen molar-refractivity contribution in [2.45, 2.75) is 0 Å². The van der Waals surface area contributed by atoms with Crippen LogP contribution in [0.15, 0.2) is 0 Å². The van der Waals surface area contributed by atoms with Crippen molar-refractivity contribution in [2.75, 3.05) is 0 Å². The molecule has 0 saturated carbocycles. The third-order valence-corrected chi connectivity index (χ3v) is 0.173. The van der Waals surface area contributed by atoms with Gasteiger partial charge >= 0.3 is 5.09 Å². The van der Waals surface area contributed by atoms with Gasteiger partial charge in [0, 0.05) is 0 Å². The highest BCUT2D eigenvalue weighted by Gasteiger charge is 1.92. The van der Waals surface area contributed by atoms with Crippen molar-refractivity contribution in [3.63, 3.8) is 0 Å². The van der Waals surface area contributed by atoms with Crippen LogP contribution < -0.4 is 5.73 Å². The molecule has 0 amide bonds. The topological polar surface area (TPSA) is 102 Å². The molecule has 0 unspecified atom stereocenters. The van der Waals surface area contributed by atoms with Gasteiger partial charge in [-0.05, 0) is 0 Å². The van der Waals surface area contributed by atoms with Crippen LogP contribution >= 0.6 is 0 Å². The molecule has 0 aromatic carbocycles. The van der Waals surface area contributed by atoms with Crippen LogP contribution in [0.5, 0.6) is 0 Å². The van der Waals surface area contributed by atoms with E-state index >= 15 is 0 Å². The van der Waals surface area contributed by atoms with E-state index in [1.165, 1.54) is 0 Å². The average Bonchev–Trinajstić information content (AvgIpc) is 1.27. The minimum absolute atomic E-state index is 0.912. The highest BCUT2D eigenvalue weighted by atomic mass is 17.0.